The number of aliphatic hydroxyl groups is 2. The zero-order valence-electron chi connectivity index (χ0n) is 39.7. The molecule has 1 amide bonds. The van der Waals surface area contributed by atoms with Crippen molar-refractivity contribution in [3.63, 3.8) is 0 Å². The van der Waals surface area contributed by atoms with Gasteiger partial charge < -0.3 is 20.3 Å². The molecule has 6 nitrogen and oxygen atoms in total. The average molecular weight is 832 g/mol. The van der Waals surface area contributed by atoms with Crippen LogP contribution in [0.5, 0.6) is 0 Å². The molecule has 0 saturated heterocycles. The maximum absolute atomic E-state index is 13.2. The molecule has 59 heavy (non-hydrogen) atoms. The number of amides is 1. The smallest absolute Gasteiger partial charge is 0.306 e. The van der Waals surface area contributed by atoms with E-state index in [4.69, 9.17) is 4.74 Å². The lowest BCUT2D eigenvalue weighted by molar-refractivity contribution is -0.151. The minimum Gasteiger partial charge on any atom is -0.462 e. The summed E-state index contributed by atoms with van der Waals surface area (Å²) in [5, 5.41) is 23.8. The van der Waals surface area contributed by atoms with Gasteiger partial charge in [-0.05, 0) is 51.4 Å². The number of unbranched alkanes of at least 4 members (excludes halogenated alkanes) is 31. The summed E-state index contributed by atoms with van der Waals surface area (Å²) in [7, 11) is 0. The second-order valence-corrected chi connectivity index (χ2v) is 17.9. The number of carbonyl (C=O) groups is 2. The van der Waals surface area contributed by atoms with Gasteiger partial charge in [0.05, 0.1) is 25.2 Å². The first-order valence-corrected chi connectivity index (χ1v) is 26.1. The molecule has 0 spiro atoms. The quantitative estimate of drug-likeness (QED) is 0.0322. The van der Waals surface area contributed by atoms with Gasteiger partial charge in [-0.1, -0.05) is 238 Å². The molecule has 0 aromatic heterocycles. The lowest BCUT2D eigenvalue weighted by Crippen LogP contribution is -2.46. The summed E-state index contributed by atoms with van der Waals surface area (Å²) in [6.45, 7) is 6.39. The molecule has 3 atom stereocenters. The molecule has 3 unspecified atom stereocenters. The summed E-state index contributed by atoms with van der Waals surface area (Å²) in [5.74, 6) is -0.475. The fraction of sp³-hybridized carbons (Fsp3) is 0.887. The molecule has 0 heterocycles. The van der Waals surface area contributed by atoms with Crippen LogP contribution in [0.15, 0.2) is 24.3 Å². The molecule has 348 valence electrons. The van der Waals surface area contributed by atoms with Gasteiger partial charge in [-0.25, -0.2) is 0 Å². The van der Waals surface area contributed by atoms with Crippen molar-refractivity contribution in [2.24, 2.45) is 0 Å². The predicted molar refractivity (Wildman–Crippen MR) is 255 cm³/mol. The topological polar surface area (TPSA) is 95.9 Å². The first-order chi connectivity index (χ1) is 29.0. The van der Waals surface area contributed by atoms with Gasteiger partial charge in [-0.3, -0.25) is 9.59 Å². The largest absolute Gasteiger partial charge is 0.462 e. The van der Waals surface area contributed by atoms with E-state index < -0.39 is 18.2 Å². The molecule has 0 bridgehead atoms. The first kappa shape index (κ1) is 57.3. The first-order valence-electron chi connectivity index (χ1n) is 26.1. The highest BCUT2D eigenvalue weighted by molar-refractivity contribution is 5.77. The van der Waals surface area contributed by atoms with Crippen molar-refractivity contribution in [1.82, 2.24) is 5.32 Å². The van der Waals surface area contributed by atoms with Crippen molar-refractivity contribution >= 4 is 11.9 Å². The molecule has 0 aliphatic rings. The van der Waals surface area contributed by atoms with Crippen LogP contribution in [0.25, 0.3) is 0 Å². The molecule has 0 aliphatic carbocycles. The van der Waals surface area contributed by atoms with Gasteiger partial charge >= 0.3 is 5.97 Å². The van der Waals surface area contributed by atoms with Gasteiger partial charge in [0.1, 0.15) is 6.10 Å². The summed E-state index contributed by atoms with van der Waals surface area (Å²) in [4.78, 5) is 26.1. The van der Waals surface area contributed by atoms with Gasteiger partial charge in [0.2, 0.25) is 5.91 Å². The standard InChI is InChI=1S/C53H101NO5/c1-4-7-10-13-16-19-22-25-26-28-30-33-36-39-42-45-51(56)50(48-55)54-52(57)47-49(44-41-38-35-32-29-24-21-18-15-12-9-6-3)59-53(58)46-43-40-37-34-31-27-23-20-17-14-11-8-5-2/h9,12,18,21,49-51,55-56H,4-8,10-11,13-17,19-20,22-48H2,1-3H3,(H,54,57)/b12-9+,21-18+. The van der Waals surface area contributed by atoms with E-state index in [0.717, 1.165) is 70.6 Å². The fourth-order valence-electron chi connectivity index (χ4n) is 8.12. The van der Waals surface area contributed by atoms with Crippen LogP contribution in [0.1, 0.15) is 278 Å². The maximum atomic E-state index is 13.2. The van der Waals surface area contributed by atoms with Crippen LogP contribution in [0.2, 0.25) is 0 Å². The van der Waals surface area contributed by atoms with Crippen LogP contribution in [-0.2, 0) is 14.3 Å². The van der Waals surface area contributed by atoms with E-state index in [1.807, 2.05) is 0 Å². The van der Waals surface area contributed by atoms with Gasteiger partial charge in [0, 0.05) is 6.42 Å². The number of ether oxygens (including phenoxy) is 1. The highest BCUT2D eigenvalue weighted by Gasteiger charge is 2.24. The number of aliphatic hydroxyl groups excluding tert-OH is 2. The SMILES string of the molecule is CC/C=C/C/C=C/CCCCCCCC(CC(=O)NC(CO)C(O)CCCCCCCCCCCCCCCCC)OC(=O)CCCCCCCCCCCCCCC. The number of nitrogens with one attached hydrogen (secondary N) is 1. The third-order valence-corrected chi connectivity index (χ3v) is 12.0. The molecular formula is C53H101NO5. The Bertz CT molecular complexity index is 935. The molecule has 0 aromatic carbocycles. The molecule has 0 aliphatic heterocycles. The minimum absolute atomic E-state index is 0.0732. The number of hydrogen-bond donors (Lipinski definition) is 3. The average Bonchev–Trinajstić information content (AvgIpc) is 3.23. The van der Waals surface area contributed by atoms with Crippen molar-refractivity contribution in [1.29, 1.82) is 0 Å². The molecule has 3 N–H and O–H groups in total. The molecule has 0 aromatic rings. The predicted octanol–water partition coefficient (Wildman–Crippen LogP) is 15.5. The maximum Gasteiger partial charge on any atom is 0.306 e. The number of esters is 1. The van der Waals surface area contributed by atoms with E-state index in [9.17, 15) is 19.8 Å². The van der Waals surface area contributed by atoms with Crippen molar-refractivity contribution in [2.75, 3.05) is 6.61 Å². The van der Waals surface area contributed by atoms with Gasteiger partial charge in [-0.2, -0.15) is 0 Å². The van der Waals surface area contributed by atoms with Crippen molar-refractivity contribution in [2.45, 2.75) is 296 Å². The summed E-state index contributed by atoms with van der Waals surface area (Å²) >= 11 is 0. The monoisotopic (exact) mass is 832 g/mol. The van der Waals surface area contributed by atoms with Crippen LogP contribution in [0.3, 0.4) is 0 Å². The highest BCUT2D eigenvalue weighted by atomic mass is 16.5. The Morgan fingerprint density at radius 1 is 0.508 bits per heavy atom. The van der Waals surface area contributed by atoms with E-state index in [-0.39, 0.29) is 24.9 Å². The van der Waals surface area contributed by atoms with E-state index >= 15 is 0 Å². The normalized spacial score (nSPS) is 13.4. The minimum atomic E-state index is -0.787. The molecule has 0 radical (unpaired) electrons. The number of allylic oxidation sites excluding steroid dienone is 4. The second-order valence-electron chi connectivity index (χ2n) is 17.9. The second kappa shape index (κ2) is 47.4. The third kappa shape index (κ3) is 42.8. The van der Waals surface area contributed by atoms with Crippen molar-refractivity contribution in [3.05, 3.63) is 24.3 Å². The van der Waals surface area contributed by atoms with Crippen LogP contribution in [-0.4, -0.2) is 46.9 Å². The lowest BCUT2D eigenvalue weighted by Gasteiger charge is -2.24. The summed E-state index contributed by atoms with van der Waals surface area (Å²) in [5.41, 5.74) is 0. The zero-order valence-corrected chi connectivity index (χ0v) is 39.7. The zero-order chi connectivity index (χ0) is 43.1. The molecular weight excluding hydrogens is 731 g/mol. The number of hydrogen-bond acceptors (Lipinski definition) is 5. The molecule has 6 heteroatoms. The Balaban J connectivity index is 4.51. The highest BCUT2D eigenvalue weighted by Crippen LogP contribution is 2.18. The van der Waals surface area contributed by atoms with E-state index in [2.05, 4.69) is 50.4 Å². The lowest BCUT2D eigenvalue weighted by atomic mass is 10.0. The molecule has 0 fully saturated rings. The number of carbonyl (C=O) groups excluding carboxylic acids is 2. The van der Waals surface area contributed by atoms with Crippen molar-refractivity contribution in [3.8, 4) is 0 Å². The third-order valence-electron chi connectivity index (χ3n) is 12.0. The number of rotatable bonds is 47. The van der Waals surface area contributed by atoms with E-state index in [0.29, 0.717) is 19.3 Å². The van der Waals surface area contributed by atoms with Crippen LogP contribution >= 0.6 is 0 Å². The Kier molecular flexibility index (Phi) is 46.1. The van der Waals surface area contributed by atoms with Crippen LogP contribution < -0.4 is 5.32 Å². The Hall–Kier alpha value is -1.66. The molecule has 0 rings (SSSR count). The van der Waals surface area contributed by atoms with E-state index in [1.54, 1.807) is 0 Å². The Labute approximate surface area is 367 Å². The van der Waals surface area contributed by atoms with Crippen LogP contribution in [0.4, 0.5) is 0 Å². The molecule has 0 saturated carbocycles. The van der Waals surface area contributed by atoms with E-state index in [1.165, 1.54) is 161 Å². The van der Waals surface area contributed by atoms with Crippen molar-refractivity contribution < 1.29 is 24.5 Å². The van der Waals surface area contributed by atoms with Gasteiger partial charge in [0.25, 0.3) is 0 Å². The summed E-state index contributed by atoms with van der Waals surface area (Å²) in [6.07, 6.45) is 53.8. The van der Waals surface area contributed by atoms with Gasteiger partial charge in [-0.15, -0.1) is 0 Å². The van der Waals surface area contributed by atoms with Crippen LogP contribution in [0, 0.1) is 0 Å². The van der Waals surface area contributed by atoms with Gasteiger partial charge in [0.15, 0.2) is 0 Å². The summed E-state index contributed by atoms with van der Waals surface area (Å²) in [6, 6.07) is -0.701. The summed E-state index contributed by atoms with van der Waals surface area (Å²) < 4.78 is 5.92. The Morgan fingerprint density at radius 2 is 0.915 bits per heavy atom. The Morgan fingerprint density at radius 3 is 1.37 bits per heavy atom. The fourth-order valence-corrected chi connectivity index (χ4v) is 8.12.